The number of hydrogen-bond donors (Lipinski definition) is 2. The van der Waals surface area contributed by atoms with Gasteiger partial charge < -0.3 is 15.3 Å². The summed E-state index contributed by atoms with van der Waals surface area (Å²) >= 11 is 0. The van der Waals surface area contributed by atoms with Crippen LogP contribution >= 0.6 is 0 Å². The average Bonchev–Trinajstić information content (AvgIpc) is 2.56. The number of nitrogens with one attached hydrogen (secondary N) is 1. The lowest BCUT2D eigenvalue weighted by Gasteiger charge is -2.22. The van der Waals surface area contributed by atoms with E-state index in [0.717, 1.165) is 13.0 Å². The standard InChI is InChI=1S/C9H20N2O/c1-10-9(4-7-12)8-11-5-2-3-6-11/h9-10,12H,2-8H2,1H3. The minimum absolute atomic E-state index is 0.291. The molecule has 0 aliphatic carbocycles. The molecular formula is C9H20N2O. The maximum Gasteiger partial charge on any atom is 0.0446 e. The van der Waals surface area contributed by atoms with Crippen LogP contribution in [0.15, 0.2) is 0 Å². The summed E-state index contributed by atoms with van der Waals surface area (Å²) in [6.07, 6.45) is 3.55. The molecule has 12 heavy (non-hydrogen) atoms. The molecule has 0 aromatic carbocycles. The fourth-order valence-electron chi connectivity index (χ4n) is 1.76. The number of aliphatic hydroxyl groups excluding tert-OH is 1. The number of rotatable bonds is 5. The highest BCUT2D eigenvalue weighted by molar-refractivity contribution is 4.73. The van der Waals surface area contributed by atoms with Crippen molar-refractivity contribution in [3.63, 3.8) is 0 Å². The van der Waals surface area contributed by atoms with E-state index in [4.69, 9.17) is 5.11 Å². The first-order valence-electron chi connectivity index (χ1n) is 4.87. The smallest absolute Gasteiger partial charge is 0.0446 e. The van der Waals surface area contributed by atoms with Gasteiger partial charge in [0.05, 0.1) is 0 Å². The molecule has 72 valence electrons. The summed E-state index contributed by atoms with van der Waals surface area (Å²) in [5.41, 5.74) is 0. The van der Waals surface area contributed by atoms with E-state index in [2.05, 4.69) is 10.2 Å². The molecule has 2 N–H and O–H groups in total. The molecule has 0 amide bonds. The zero-order valence-electron chi connectivity index (χ0n) is 7.92. The van der Waals surface area contributed by atoms with Gasteiger partial charge in [0.15, 0.2) is 0 Å². The van der Waals surface area contributed by atoms with E-state index in [1.165, 1.54) is 25.9 Å². The van der Waals surface area contributed by atoms with Crippen LogP contribution in [-0.2, 0) is 0 Å². The van der Waals surface area contributed by atoms with Gasteiger partial charge in [-0.3, -0.25) is 0 Å². The van der Waals surface area contributed by atoms with Crippen molar-refractivity contribution in [1.82, 2.24) is 10.2 Å². The van der Waals surface area contributed by atoms with Gasteiger partial charge in [0.25, 0.3) is 0 Å². The van der Waals surface area contributed by atoms with Crippen molar-refractivity contribution in [3.05, 3.63) is 0 Å². The molecule has 1 atom stereocenters. The SMILES string of the molecule is CNC(CCO)CN1CCCC1. The van der Waals surface area contributed by atoms with Gasteiger partial charge in [-0.1, -0.05) is 0 Å². The van der Waals surface area contributed by atoms with Crippen LogP contribution in [0.4, 0.5) is 0 Å². The van der Waals surface area contributed by atoms with Crippen LogP contribution < -0.4 is 5.32 Å². The summed E-state index contributed by atoms with van der Waals surface area (Å²) in [6.45, 7) is 3.86. The third-order valence-electron chi connectivity index (χ3n) is 2.56. The maximum absolute atomic E-state index is 8.78. The first-order chi connectivity index (χ1) is 5.86. The van der Waals surface area contributed by atoms with Gasteiger partial charge in [-0.2, -0.15) is 0 Å². The van der Waals surface area contributed by atoms with Crippen LogP contribution in [-0.4, -0.2) is 49.3 Å². The molecule has 1 fully saturated rings. The number of likely N-dealkylation sites (N-methyl/N-ethyl adjacent to an activating group) is 1. The van der Waals surface area contributed by atoms with Gasteiger partial charge >= 0.3 is 0 Å². The molecule has 0 radical (unpaired) electrons. The Morgan fingerprint density at radius 3 is 2.58 bits per heavy atom. The number of hydrogen-bond acceptors (Lipinski definition) is 3. The topological polar surface area (TPSA) is 35.5 Å². The van der Waals surface area contributed by atoms with Crippen LogP contribution in [0, 0.1) is 0 Å². The molecule has 1 aliphatic rings. The van der Waals surface area contributed by atoms with E-state index >= 15 is 0 Å². The molecule has 1 rings (SSSR count). The monoisotopic (exact) mass is 172 g/mol. The fraction of sp³-hybridized carbons (Fsp3) is 1.00. The average molecular weight is 172 g/mol. The minimum atomic E-state index is 0.291. The molecule has 0 aromatic rings. The molecule has 3 nitrogen and oxygen atoms in total. The third kappa shape index (κ3) is 3.09. The molecule has 3 heteroatoms. The second-order valence-electron chi connectivity index (χ2n) is 3.51. The molecule has 1 saturated heterocycles. The largest absolute Gasteiger partial charge is 0.396 e. The summed E-state index contributed by atoms with van der Waals surface area (Å²) in [4.78, 5) is 2.47. The second-order valence-corrected chi connectivity index (χ2v) is 3.51. The Morgan fingerprint density at radius 2 is 2.08 bits per heavy atom. The van der Waals surface area contributed by atoms with E-state index in [9.17, 15) is 0 Å². The highest BCUT2D eigenvalue weighted by Gasteiger charge is 2.15. The van der Waals surface area contributed by atoms with Gasteiger partial charge in [-0.05, 0) is 39.4 Å². The van der Waals surface area contributed by atoms with E-state index < -0.39 is 0 Å². The molecular weight excluding hydrogens is 152 g/mol. The summed E-state index contributed by atoms with van der Waals surface area (Å²) < 4.78 is 0. The Bertz CT molecular complexity index is 113. The quantitative estimate of drug-likeness (QED) is 0.615. The lowest BCUT2D eigenvalue weighted by Crippen LogP contribution is -2.38. The number of aliphatic hydroxyl groups is 1. The molecule has 0 aromatic heterocycles. The van der Waals surface area contributed by atoms with E-state index in [0.29, 0.717) is 12.6 Å². The van der Waals surface area contributed by atoms with Crippen molar-refractivity contribution in [3.8, 4) is 0 Å². The predicted molar refractivity (Wildman–Crippen MR) is 50.2 cm³/mol. The molecule has 0 spiro atoms. The summed E-state index contributed by atoms with van der Waals surface area (Å²) in [5, 5.41) is 12.0. The van der Waals surface area contributed by atoms with Gasteiger partial charge in [0, 0.05) is 19.2 Å². The first-order valence-corrected chi connectivity index (χ1v) is 4.87. The van der Waals surface area contributed by atoms with Crippen LogP contribution in [0.1, 0.15) is 19.3 Å². The van der Waals surface area contributed by atoms with Crippen LogP contribution in [0.25, 0.3) is 0 Å². The Labute approximate surface area is 74.8 Å². The minimum Gasteiger partial charge on any atom is -0.396 e. The molecule has 1 unspecified atom stereocenters. The van der Waals surface area contributed by atoms with Crippen LogP contribution in [0.5, 0.6) is 0 Å². The lowest BCUT2D eigenvalue weighted by molar-refractivity contribution is 0.234. The summed E-state index contributed by atoms with van der Waals surface area (Å²) in [7, 11) is 1.97. The van der Waals surface area contributed by atoms with Crippen molar-refractivity contribution in [2.75, 3.05) is 33.3 Å². The van der Waals surface area contributed by atoms with E-state index in [1.807, 2.05) is 7.05 Å². The van der Waals surface area contributed by atoms with Gasteiger partial charge in [-0.25, -0.2) is 0 Å². The van der Waals surface area contributed by atoms with Crippen molar-refractivity contribution >= 4 is 0 Å². The summed E-state index contributed by atoms with van der Waals surface area (Å²) in [6, 6.07) is 0.466. The zero-order valence-corrected chi connectivity index (χ0v) is 7.92. The van der Waals surface area contributed by atoms with Crippen molar-refractivity contribution in [2.24, 2.45) is 0 Å². The summed E-state index contributed by atoms with van der Waals surface area (Å²) in [5.74, 6) is 0. The second kappa shape index (κ2) is 5.51. The normalized spacial score (nSPS) is 21.5. The van der Waals surface area contributed by atoms with Crippen LogP contribution in [0.3, 0.4) is 0 Å². The lowest BCUT2D eigenvalue weighted by atomic mass is 10.2. The molecule has 0 bridgehead atoms. The Hall–Kier alpha value is -0.120. The highest BCUT2D eigenvalue weighted by Crippen LogP contribution is 2.08. The fourth-order valence-corrected chi connectivity index (χ4v) is 1.76. The van der Waals surface area contributed by atoms with Gasteiger partial charge in [0.2, 0.25) is 0 Å². The number of likely N-dealkylation sites (tertiary alicyclic amines) is 1. The van der Waals surface area contributed by atoms with E-state index in [1.54, 1.807) is 0 Å². The van der Waals surface area contributed by atoms with Gasteiger partial charge in [0.1, 0.15) is 0 Å². The first kappa shape index (κ1) is 9.96. The van der Waals surface area contributed by atoms with E-state index in [-0.39, 0.29) is 0 Å². The molecule has 0 saturated carbocycles. The number of nitrogens with zero attached hydrogens (tertiary/aromatic N) is 1. The van der Waals surface area contributed by atoms with Crippen molar-refractivity contribution in [1.29, 1.82) is 0 Å². The highest BCUT2D eigenvalue weighted by atomic mass is 16.3. The Morgan fingerprint density at radius 1 is 1.42 bits per heavy atom. The van der Waals surface area contributed by atoms with Gasteiger partial charge in [-0.15, -0.1) is 0 Å². The predicted octanol–water partition coefficient (Wildman–Crippen LogP) is 0.0526. The zero-order chi connectivity index (χ0) is 8.81. The molecule has 1 aliphatic heterocycles. The maximum atomic E-state index is 8.78. The van der Waals surface area contributed by atoms with Crippen molar-refractivity contribution < 1.29 is 5.11 Å². The molecule has 1 heterocycles. The van der Waals surface area contributed by atoms with Crippen molar-refractivity contribution in [2.45, 2.75) is 25.3 Å². The Balaban J connectivity index is 2.16. The third-order valence-corrected chi connectivity index (χ3v) is 2.56. The van der Waals surface area contributed by atoms with Crippen LogP contribution in [0.2, 0.25) is 0 Å². The Kier molecular flexibility index (Phi) is 4.58.